The Hall–Kier alpha value is -4.37. The first kappa shape index (κ1) is 29.1. The van der Waals surface area contributed by atoms with Crippen LogP contribution in [0.3, 0.4) is 0 Å². The summed E-state index contributed by atoms with van der Waals surface area (Å²) in [6.45, 7) is 6.39. The number of ether oxygens (including phenoxy) is 1. The van der Waals surface area contributed by atoms with E-state index in [4.69, 9.17) is 16.2 Å². The molecule has 0 atom stereocenters. The number of primary amides is 1. The van der Waals surface area contributed by atoms with E-state index in [9.17, 15) is 14.4 Å². The molecule has 0 bridgehead atoms. The number of fused-ring (bicyclic) bond motifs is 3. The van der Waals surface area contributed by atoms with Crippen molar-refractivity contribution in [2.75, 3.05) is 33.5 Å². The molecule has 1 aliphatic carbocycles. The number of nitrogens with zero attached hydrogens (tertiary/aromatic N) is 2. The van der Waals surface area contributed by atoms with E-state index < -0.39 is 5.91 Å². The fourth-order valence-electron chi connectivity index (χ4n) is 6.05. The van der Waals surface area contributed by atoms with E-state index in [0.29, 0.717) is 29.1 Å². The lowest BCUT2D eigenvalue weighted by Crippen LogP contribution is -2.48. The highest BCUT2D eigenvalue weighted by Crippen LogP contribution is 2.37. The van der Waals surface area contributed by atoms with Crippen molar-refractivity contribution in [2.45, 2.75) is 50.7 Å². The summed E-state index contributed by atoms with van der Waals surface area (Å²) in [5.74, 6) is -0.588. The maximum absolute atomic E-state index is 13.5. The van der Waals surface area contributed by atoms with Gasteiger partial charge in [0.05, 0.1) is 24.9 Å². The first-order valence-electron chi connectivity index (χ1n) is 14.2. The lowest BCUT2D eigenvalue weighted by Gasteiger charge is -2.42. The van der Waals surface area contributed by atoms with E-state index in [0.717, 1.165) is 53.1 Å². The average molecular weight is 570 g/mol. The molecule has 1 heterocycles. The maximum Gasteiger partial charge on any atom is 0.254 e. The molecule has 0 unspecified atom stereocenters. The van der Waals surface area contributed by atoms with Gasteiger partial charge in [-0.2, -0.15) is 0 Å². The fraction of sp³-hybridized carbons (Fsp3) is 0.364. The molecule has 0 aromatic heterocycles. The van der Waals surface area contributed by atoms with Crippen LogP contribution in [0.15, 0.2) is 54.6 Å². The van der Waals surface area contributed by atoms with E-state index >= 15 is 0 Å². The van der Waals surface area contributed by atoms with Gasteiger partial charge < -0.3 is 31.3 Å². The molecule has 2 aliphatic rings. The summed E-state index contributed by atoms with van der Waals surface area (Å²) < 4.78 is 5.58. The van der Waals surface area contributed by atoms with Gasteiger partial charge >= 0.3 is 0 Å². The normalized spacial score (nSPS) is 20.1. The molecule has 0 saturated heterocycles. The number of nitrogens with two attached hydrogens (primary N) is 2. The number of amides is 3. The summed E-state index contributed by atoms with van der Waals surface area (Å²) >= 11 is 0. The second kappa shape index (κ2) is 11.1. The highest BCUT2D eigenvalue weighted by Gasteiger charge is 2.34. The zero-order valence-electron chi connectivity index (χ0n) is 24.8. The summed E-state index contributed by atoms with van der Waals surface area (Å²) in [4.78, 5) is 42.0. The summed E-state index contributed by atoms with van der Waals surface area (Å²) in [7, 11) is 5.74. The Morgan fingerprint density at radius 1 is 1.12 bits per heavy atom. The lowest BCUT2D eigenvalue weighted by molar-refractivity contribution is -0.114. The number of anilines is 1. The number of carbonyl (C=O) groups excluding carboxylic acids is 3. The van der Waals surface area contributed by atoms with Crippen molar-refractivity contribution >= 4 is 34.2 Å². The molecule has 1 saturated carbocycles. The van der Waals surface area contributed by atoms with Crippen molar-refractivity contribution in [2.24, 2.45) is 5.73 Å². The van der Waals surface area contributed by atoms with Gasteiger partial charge in [0.25, 0.3) is 11.8 Å². The summed E-state index contributed by atoms with van der Waals surface area (Å²) in [6, 6.07) is 13.4. The number of nitrogens with one attached hydrogen (secondary N) is 1. The van der Waals surface area contributed by atoms with Gasteiger partial charge in [0.2, 0.25) is 5.91 Å². The number of rotatable bonds is 8. The molecular weight excluding hydrogens is 530 g/mol. The fourth-order valence-corrected chi connectivity index (χ4v) is 6.05. The van der Waals surface area contributed by atoms with Gasteiger partial charge in [0.15, 0.2) is 0 Å². The van der Waals surface area contributed by atoms with E-state index in [-0.39, 0.29) is 35.5 Å². The van der Waals surface area contributed by atoms with Crippen LogP contribution in [0, 0.1) is 0 Å². The molecule has 9 nitrogen and oxygen atoms in total. The van der Waals surface area contributed by atoms with E-state index in [1.165, 1.54) is 7.11 Å². The Morgan fingerprint density at radius 2 is 1.81 bits per heavy atom. The van der Waals surface area contributed by atoms with Gasteiger partial charge in [-0.25, -0.2) is 0 Å². The summed E-state index contributed by atoms with van der Waals surface area (Å²) in [5, 5.41) is 5.09. The smallest absolute Gasteiger partial charge is 0.254 e. The number of carbonyl (C=O) groups is 3. The largest absolute Gasteiger partial charge is 0.495 e. The van der Waals surface area contributed by atoms with Crippen molar-refractivity contribution in [3.8, 4) is 16.9 Å². The molecule has 220 valence electrons. The summed E-state index contributed by atoms with van der Waals surface area (Å²) in [5.41, 5.74) is 15.8. The van der Waals surface area contributed by atoms with Crippen molar-refractivity contribution in [1.82, 2.24) is 15.1 Å². The monoisotopic (exact) mass is 569 g/mol. The molecule has 42 heavy (non-hydrogen) atoms. The van der Waals surface area contributed by atoms with Crippen LogP contribution < -0.4 is 21.5 Å². The van der Waals surface area contributed by atoms with E-state index in [1.807, 2.05) is 36.4 Å². The van der Waals surface area contributed by atoms with Crippen molar-refractivity contribution in [3.63, 3.8) is 0 Å². The Morgan fingerprint density at radius 3 is 2.45 bits per heavy atom. The van der Waals surface area contributed by atoms with Gasteiger partial charge in [0, 0.05) is 29.3 Å². The first-order valence-corrected chi connectivity index (χ1v) is 14.2. The van der Waals surface area contributed by atoms with Crippen LogP contribution in [0.5, 0.6) is 5.75 Å². The molecule has 1 fully saturated rings. The number of benzene rings is 3. The quantitative estimate of drug-likeness (QED) is 0.277. The van der Waals surface area contributed by atoms with E-state index in [1.54, 1.807) is 11.0 Å². The maximum atomic E-state index is 13.5. The number of nitrogen functional groups attached to an aromatic ring is 1. The second-order valence-corrected chi connectivity index (χ2v) is 11.9. The van der Waals surface area contributed by atoms with Crippen LogP contribution >= 0.6 is 0 Å². The third-order valence-corrected chi connectivity index (χ3v) is 9.15. The highest BCUT2D eigenvalue weighted by molar-refractivity contribution is 6.06. The van der Waals surface area contributed by atoms with Crippen molar-refractivity contribution in [1.29, 1.82) is 0 Å². The van der Waals surface area contributed by atoms with Crippen LogP contribution in [0.1, 0.15) is 58.9 Å². The van der Waals surface area contributed by atoms with Crippen LogP contribution in [-0.2, 0) is 11.3 Å². The Labute approximate surface area is 246 Å². The van der Waals surface area contributed by atoms with Crippen molar-refractivity contribution in [3.05, 3.63) is 71.3 Å². The zero-order valence-corrected chi connectivity index (χ0v) is 24.8. The molecule has 5 rings (SSSR count). The zero-order chi connectivity index (χ0) is 30.3. The molecular formula is C33H39N5O4. The predicted octanol–water partition coefficient (Wildman–Crippen LogP) is 4.09. The molecule has 5 N–H and O–H groups in total. The molecule has 3 aromatic rings. The average Bonchev–Trinajstić information content (AvgIpc) is 3.29. The standard InChI is InChI=1S/C33H39N5O4/c1-19(30(35)39)17-38-18-27-24(32(38)41)9-8-20-6-7-21(14-25(20)27)22-15-26(29(34)28(16-22)42-5)31(40)36-23-10-12-33(2,13-11-23)37(3)4/h6-9,14-16,23H,1,10-13,17-18,34H2,2-5H3,(H2,35,39)(H,36,40)/t23-,33+. The predicted molar refractivity (Wildman–Crippen MR) is 165 cm³/mol. The third kappa shape index (κ3) is 5.32. The molecule has 0 radical (unpaired) electrons. The van der Waals surface area contributed by atoms with E-state index in [2.05, 4.69) is 37.8 Å². The molecule has 3 amide bonds. The molecule has 0 spiro atoms. The van der Waals surface area contributed by atoms with Gasteiger partial charge in [-0.15, -0.1) is 0 Å². The third-order valence-electron chi connectivity index (χ3n) is 9.15. The van der Waals surface area contributed by atoms with Gasteiger partial charge in [-0.1, -0.05) is 24.8 Å². The number of hydrogen-bond acceptors (Lipinski definition) is 6. The van der Waals surface area contributed by atoms with Crippen LogP contribution in [-0.4, -0.2) is 66.9 Å². The van der Waals surface area contributed by atoms with Crippen molar-refractivity contribution < 1.29 is 19.1 Å². The SMILES string of the molecule is C=C(CN1Cc2c(ccc3ccc(-c4cc(OC)c(N)c(C(=O)N[C@H]5CC[C@@](C)(N(C)C)CC5)c4)cc23)C1=O)C(N)=O. The van der Waals surface area contributed by atoms with Gasteiger partial charge in [-0.3, -0.25) is 14.4 Å². The lowest BCUT2D eigenvalue weighted by atomic mass is 9.80. The Kier molecular flexibility index (Phi) is 7.72. The number of methoxy groups -OCH3 is 1. The molecule has 9 heteroatoms. The minimum absolute atomic E-state index is 0.0764. The topological polar surface area (TPSA) is 131 Å². The summed E-state index contributed by atoms with van der Waals surface area (Å²) in [6.07, 6.45) is 3.80. The van der Waals surface area contributed by atoms with Crippen LogP contribution in [0.2, 0.25) is 0 Å². The van der Waals surface area contributed by atoms with Gasteiger partial charge in [-0.05, 0) is 98.4 Å². The Balaban J connectivity index is 1.45. The first-order chi connectivity index (χ1) is 19.9. The highest BCUT2D eigenvalue weighted by atomic mass is 16.5. The molecule has 3 aromatic carbocycles. The van der Waals surface area contributed by atoms with Crippen LogP contribution in [0.4, 0.5) is 5.69 Å². The van der Waals surface area contributed by atoms with Gasteiger partial charge in [0.1, 0.15) is 5.75 Å². The minimum atomic E-state index is -0.626. The van der Waals surface area contributed by atoms with Crippen LogP contribution in [0.25, 0.3) is 21.9 Å². The second-order valence-electron chi connectivity index (χ2n) is 11.9. The molecule has 1 aliphatic heterocycles. The number of hydrogen-bond donors (Lipinski definition) is 3. The Bertz CT molecular complexity index is 1600. The minimum Gasteiger partial charge on any atom is -0.495 e.